The highest BCUT2D eigenvalue weighted by Crippen LogP contribution is 2.11. The first-order chi connectivity index (χ1) is 11.1. The lowest BCUT2D eigenvalue weighted by molar-refractivity contribution is -0.120. The monoisotopic (exact) mass is 313 g/mol. The zero-order chi connectivity index (χ0) is 16.7. The number of hydrogen-bond acceptors (Lipinski definition) is 4. The summed E-state index contributed by atoms with van der Waals surface area (Å²) >= 11 is 0. The second kappa shape index (κ2) is 7.84. The van der Waals surface area contributed by atoms with E-state index in [0.717, 1.165) is 11.3 Å². The number of hydrazine groups is 1. The first-order valence-electron chi connectivity index (χ1n) is 7.12. The molecule has 2 amide bonds. The summed E-state index contributed by atoms with van der Waals surface area (Å²) in [7, 11) is 1.55. The Labute approximate surface area is 134 Å². The topological polar surface area (TPSA) is 79.5 Å². The second-order valence-electron chi connectivity index (χ2n) is 4.95. The smallest absolute Gasteiger partial charge is 0.269 e. The van der Waals surface area contributed by atoms with Crippen LogP contribution in [0.25, 0.3) is 0 Å². The molecule has 3 N–H and O–H groups in total. The molecule has 0 aliphatic rings. The molecule has 0 unspecified atom stereocenters. The lowest BCUT2D eigenvalue weighted by atomic mass is 10.2. The number of benzene rings is 2. The second-order valence-corrected chi connectivity index (χ2v) is 4.95. The molecule has 2 aromatic rings. The molecule has 6 nitrogen and oxygen atoms in total. The lowest BCUT2D eigenvalue weighted by Crippen LogP contribution is -2.44. The maximum absolute atomic E-state index is 11.9. The van der Waals surface area contributed by atoms with Gasteiger partial charge in [0.15, 0.2) is 0 Å². The van der Waals surface area contributed by atoms with Crippen LogP contribution in [0.15, 0.2) is 48.5 Å². The van der Waals surface area contributed by atoms with Gasteiger partial charge in [0.05, 0.1) is 13.7 Å². The number of carbonyl (C=O) groups is 2. The van der Waals surface area contributed by atoms with E-state index in [1.165, 1.54) is 0 Å². The number of hydrogen-bond donors (Lipinski definition) is 3. The molecule has 0 aliphatic heterocycles. The number of ether oxygens (including phenoxy) is 1. The molecule has 2 rings (SSSR count). The van der Waals surface area contributed by atoms with Crippen LogP contribution in [0.4, 0.5) is 5.69 Å². The van der Waals surface area contributed by atoms with E-state index < -0.39 is 5.91 Å². The molecule has 0 saturated carbocycles. The molecule has 2 aromatic carbocycles. The van der Waals surface area contributed by atoms with Crippen LogP contribution in [0, 0.1) is 6.92 Å². The van der Waals surface area contributed by atoms with Gasteiger partial charge in [-0.05, 0) is 43.3 Å². The van der Waals surface area contributed by atoms with Crippen LogP contribution in [0.1, 0.15) is 15.9 Å². The summed E-state index contributed by atoms with van der Waals surface area (Å²) in [5, 5.41) is 2.97. The molecule has 23 heavy (non-hydrogen) atoms. The van der Waals surface area contributed by atoms with Gasteiger partial charge >= 0.3 is 0 Å². The van der Waals surface area contributed by atoms with E-state index >= 15 is 0 Å². The van der Waals surface area contributed by atoms with E-state index in [4.69, 9.17) is 4.74 Å². The number of aryl methyl sites for hydroxylation is 1. The van der Waals surface area contributed by atoms with Crippen LogP contribution in [0.5, 0.6) is 5.75 Å². The van der Waals surface area contributed by atoms with E-state index in [1.807, 2.05) is 31.2 Å². The quantitative estimate of drug-likeness (QED) is 0.736. The van der Waals surface area contributed by atoms with Crippen LogP contribution in [0.3, 0.4) is 0 Å². The Hall–Kier alpha value is -3.02. The van der Waals surface area contributed by atoms with E-state index in [0.29, 0.717) is 11.3 Å². The third kappa shape index (κ3) is 5.03. The van der Waals surface area contributed by atoms with Crippen LogP contribution in [-0.2, 0) is 4.79 Å². The van der Waals surface area contributed by atoms with E-state index in [1.54, 1.807) is 31.4 Å². The van der Waals surface area contributed by atoms with Crippen molar-refractivity contribution in [3.05, 3.63) is 59.7 Å². The van der Waals surface area contributed by atoms with Crippen molar-refractivity contribution >= 4 is 17.5 Å². The third-order valence-corrected chi connectivity index (χ3v) is 3.17. The minimum atomic E-state index is -0.392. The van der Waals surface area contributed by atoms with Gasteiger partial charge in [0.2, 0.25) is 0 Å². The lowest BCUT2D eigenvalue weighted by Gasteiger charge is -2.09. The summed E-state index contributed by atoms with van der Waals surface area (Å²) in [5.74, 6) is -0.0725. The van der Waals surface area contributed by atoms with Gasteiger partial charge in [-0.2, -0.15) is 0 Å². The SMILES string of the molecule is COc1ccc(C(=O)NNC(=O)CNc2ccc(C)cc2)cc1. The Morgan fingerprint density at radius 1 is 0.957 bits per heavy atom. The highest BCUT2D eigenvalue weighted by atomic mass is 16.5. The largest absolute Gasteiger partial charge is 0.497 e. The third-order valence-electron chi connectivity index (χ3n) is 3.17. The van der Waals surface area contributed by atoms with Crippen molar-refractivity contribution < 1.29 is 14.3 Å². The van der Waals surface area contributed by atoms with Crippen molar-refractivity contribution in [2.45, 2.75) is 6.92 Å². The number of rotatable bonds is 5. The Morgan fingerprint density at radius 2 is 1.61 bits per heavy atom. The van der Waals surface area contributed by atoms with Gasteiger partial charge < -0.3 is 10.1 Å². The highest BCUT2D eigenvalue weighted by molar-refractivity contribution is 5.95. The Balaban J connectivity index is 1.76. The summed E-state index contributed by atoms with van der Waals surface area (Å²) in [6.07, 6.45) is 0. The number of methoxy groups -OCH3 is 1. The maximum Gasteiger partial charge on any atom is 0.269 e. The van der Waals surface area contributed by atoms with Crippen molar-refractivity contribution in [2.24, 2.45) is 0 Å². The van der Waals surface area contributed by atoms with Gasteiger partial charge in [-0.25, -0.2) is 0 Å². The van der Waals surface area contributed by atoms with Crippen molar-refractivity contribution in [3.63, 3.8) is 0 Å². The predicted octanol–water partition coefficient (Wildman–Crippen LogP) is 1.88. The molecule has 0 aliphatic carbocycles. The molecular formula is C17H19N3O3. The molecule has 0 aromatic heterocycles. The molecule has 0 radical (unpaired) electrons. The fraction of sp³-hybridized carbons (Fsp3) is 0.176. The molecular weight excluding hydrogens is 294 g/mol. The first kappa shape index (κ1) is 16.4. The van der Waals surface area contributed by atoms with Crippen molar-refractivity contribution in [2.75, 3.05) is 19.0 Å². The summed E-state index contributed by atoms with van der Waals surface area (Å²) in [5.41, 5.74) is 7.13. The average Bonchev–Trinajstić information content (AvgIpc) is 2.59. The maximum atomic E-state index is 11.9. The van der Waals surface area contributed by atoms with Gasteiger partial charge in [-0.15, -0.1) is 0 Å². The molecule has 6 heteroatoms. The molecule has 0 bridgehead atoms. The van der Waals surface area contributed by atoms with E-state index in [9.17, 15) is 9.59 Å². The number of anilines is 1. The van der Waals surface area contributed by atoms with Crippen LogP contribution < -0.4 is 20.9 Å². The zero-order valence-corrected chi connectivity index (χ0v) is 13.1. The minimum Gasteiger partial charge on any atom is -0.497 e. The van der Waals surface area contributed by atoms with Gasteiger partial charge in [0.25, 0.3) is 11.8 Å². The molecule has 0 spiro atoms. The highest BCUT2D eigenvalue weighted by Gasteiger charge is 2.07. The fourth-order valence-electron chi connectivity index (χ4n) is 1.84. The van der Waals surface area contributed by atoms with Gasteiger partial charge in [0.1, 0.15) is 5.75 Å². The van der Waals surface area contributed by atoms with Gasteiger partial charge in [-0.1, -0.05) is 17.7 Å². The zero-order valence-electron chi connectivity index (χ0n) is 13.1. The minimum absolute atomic E-state index is 0.0615. The molecule has 120 valence electrons. The Morgan fingerprint density at radius 3 is 2.22 bits per heavy atom. The fourth-order valence-corrected chi connectivity index (χ4v) is 1.84. The van der Waals surface area contributed by atoms with Crippen LogP contribution in [-0.4, -0.2) is 25.5 Å². The van der Waals surface area contributed by atoms with Crippen molar-refractivity contribution in [1.82, 2.24) is 10.9 Å². The normalized spacial score (nSPS) is 9.83. The molecule has 0 atom stereocenters. The summed E-state index contributed by atoms with van der Waals surface area (Å²) in [6.45, 7) is 2.05. The van der Waals surface area contributed by atoms with Crippen LogP contribution >= 0.6 is 0 Å². The number of carbonyl (C=O) groups excluding carboxylic acids is 2. The Bertz CT molecular complexity index is 666. The van der Waals surface area contributed by atoms with Crippen molar-refractivity contribution in [1.29, 1.82) is 0 Å². The Kier molecular flexibility index (Phi) is 5.57. The summed E-state index contributed by atoms with van der Waals surface area (Å²) in [4.78, 5) is 23.6. The van der Waals surface area contributed by atoms with Crippen molar-refractivity contribution in [3.8, 4) is 5.75 Å². The van der Waals surface area contributed by atoms with Gasteiger partial charge in [-0.3, -0.25) is 20.4 Å². The predicted molar refractivity (Wildman–Crippen MR) is 88.3 cm³/mol. The first-order valence-corrected chi connectivity index (χ1v) is 7.12. The van der Waals surface area contributed by atoms with E-state index in [2.05, 4.69) is 16.2 Å². The average molecular weight is 313 g/mol. The number of nitrogens with one attached hydrogen (secondary N) is 3. The molecule has 0 saturated heterocycles. The van der Waals surface area contributed by atoms with E-state index in [-0.39, 0.29) is 12.5 Å². The molecule has 0 heterocycles. The van der Waals surface area contributed by atoms with Gasteiger partial charge in [0, 0.05) is 11.3 Å². The summed E-state index contributed by atoms with van der Waals surface area (Å²) in [6, 6.07) is 14.3. The standard InChI is InChI=1S/C17H19N3O3/c1-12-3-7-14(8-4-12)18-11-16(21)19-20-17(22)13-5-9-15(23-2)10-6-13/h3-10,18H,11H2,1-2H3,(H,19,21)(H,20,22). The van der Waals surface area contributed by atoms with Crippen LogP contribution in [0.2, 0.25) is 0 Å². The number of amides is 2. The summed E-state index contributed by atoms with van der Waals surface area (Å²) < 4.78 is 5.02. The molecule has 0 fully saturated rings.